The van der Waals surface area contributed by atoms with Gasteiger partial charge in [0.25, 0.3) is 5.24 Å². The number of imide groups is 1. The summed E-state index contributed by atoms with van der Waals surface area (Å²) in [5.74, 6) is 1.06. The Morgan fingerprint density at radius 3 is 2.41 bits per heavy atom. The number of benzene rings is 2. The maximum absolute atomic E-state index is 12.8. The van der Waals surface area contributed by atoms with Gasteiger partial charge in [0.2, 0.25) is 5.91 Å². The van der Waals surface area contributed by atoms with E-state index in [-0.39, 0.29) is 17.7 Å². The molecule has 0 spiro atoms. The van der Waals surface area contributed by atoms with E-state index in [1.54, 1.807) is 32.4 Å². The van der Waals surface area contributed by atoms with Crippen molar-refractivity contribution in [1.82, 2.24) is 4.90 Å². The fourth-order valence-electron chi connectivity index (χ4n) is 2.82. The maximum atomic E-state index is 12.8. The van der Waals surface area contributed by atoms with E-state index >= 15 is 0 Å². The summed E-state index contributed by atoms with van der Waals surface area (Å²) in [5.41, 5.74) is 1.68. The van der Waals surface area contributed by atoms with Gasteiger partial charge in [0.15, 0.2) is 0 Å². The number of carbonyl (C=O) groups excluding carboxylic acids is 2. The molecule has 142 valence electrons. The van der Waals surface area contributed by atoms with Gasteiger partial charge in [-0.1, -0.05) is 35.5 Å². The molecule has 27 heavy (non-hydrogen) atoms. The third-order valence-electron chi connectivity index (χ3n) is 4.22. The van der Waals surface area contributed by atoms with Crippen LogP contribution < -0.4 is 9.47 Å². The largest absolute Gasteiger partial charge is 0.496 e. The fourth-order valence-corrected chi connectivity index (χ4v) is 4.52. The van der Waals surface area contributed by atoms with Gasteiger partial charge in [0.1, 0.15) is 11.5 Å². The van der Waals surface area contributed by atoms with E-state index in [1.807, 2.05) is 18.2 Å². The van der Waals surface area contributed by atoms with Crippen LogP contribution in [-0.2, 0) is 17.8 Å². The zero-order valence-electron chi connectivity index (χ0n) is 14.7. The number of methoxy groups -OCH3 is 2. The molecule has 2 aromatic rings. The Hall–Kier alpha value is -1.70. The van der Waals surface area contributed by atoms with Crippen LogP contribution in [0.1, 0.15) is 11.1 Å². The topological polar surface area (TPSA) is 55.8 Å². The number of carbonyl (C=O) groups is 2. The number of halogens is 2. The van der Waals surface area contributed by atoms with Crippen molar-refractivity contribution >= 4 is 50.4 Å². The first-order valence-electron chi connectivity index (χ1n) is 8.09. The quantitative estimate of drug-likeness (QED) is 0.599. The highest BCUT2D eigenvalue weighted by Gasteiger charge is 2.39. The maximum Gasteiger partial charge on any atom is 0.289 e. The van der Waals surface area contributed by atoms with Gasteiger partial charge in [0, 0.05) is 11.1 Å². The molecule has 1 fully saturated rings. The third kappa shape index (κ3) is 4.42. The van der Waals surface area contributed by atoms with Crippen molar-refractivity contribution in [3.8, 4) is 11.5 Å². The Morgan fingerprint density at radius 2 is 1.78 bits per heavy atom. The summed E-state index contributed by atoms with van der Waals surface area (Å²) in [6.07, 6.45) is 0.387. The molecule has 1 atom stereocenters. The van der Waals surface area contributed by atoms with Crippen LogP contribution in [0.3, 0.4) is 0 Å². The van der Waals surface area contributed by atoms with Crippen molar-refractivity contribution in [1.29, 1.82) is 0 Å². The lowest BCUT2D eigenvalue weighted by Gasteiger charge is -2.16. The molecule has 0 aromatic heterocycles. The molecule has 0 saturated carbocycles. The molecule has 5 nitrogen and oxygen atoms in total. The van der Waals surface area contributed by atoms with Crippen molar-refractivity contribution < 1.29 is 19.1 Å². The van der Waals surface area contributed by atoms with E-state index in [1.165, 1.54) is 4.90 Å². The summed E-state index contributed by atoms with van der Waals surface area (Å²) in [4.78, 5) is 26.4. The SMILES string of the molecule is COc1cc(OC)c(C[C@H]2SC(=O)N(Cc3ccc(Cl)cc3)C2=O)cc1Br. The van der Waals surface area contributed by atoms with Crippen LogP contribution in [0.15, 0.2) is 40.9 Å². The second-order valence-corrected chi connectivity index (χ2v) is 8.37. The van der Waals surface area contributed by atoms with E-state index in [9.17, 15) is 9.59 Å². The van der Waals surface area contributed by atoms with Gasteiger partial charge in [-0.25, -0.2) is 0 Å². The first-order chi connectivity index (χ1) is 12.9. The minimum absolute atomic E-state index is 0.200. The second-order valence-electron chi connectivity index (χ2n) is 5.93. The molecule has 1 aliphatic rings. The zero-order valence-corrected chi connectivity index (χ0v) is 17.9. The van der Waals surface area contributed by atoms with Gasteiger partial charge in [-0.3, -0.25) is 14.5 Å². The fraction of sp³-hybridized carbons (Fsp3) is 0.263. The lowest BCUT2D eigenvalue weighted by atomic mass is 10.1. The predicted octanol–water partition coefficient (Wildman–Crippen LogP) is 4.93. The molecule has 0 N–H and O–H groups in total. The minimum Gasteiger partial charge on any atom is -0.496 e. The van der Waals surface area contributed by atoms with Gasteiger partial charge in [0.05, 0.1) is 30.5 Å². The lowest BCUT2D eigenvalue weighted by molar-refractivity contribution is -0.127. The summed E-state index contributed by atoms with van der Waals surface area (Å²) in [6.45, 7) is 0.238. The third-order valence-corrected chi connectivity index (χ3v) is 6.17. The number of thioether (sulfide) groups is 1. The van der Waals surface area contributed by atoms with Gasteiger partial charge < -0.3 is 9.47 Å². The Bertz CT molecular complexity index is 875. The standard InChI is InChI=1S/C19H17BrClNO4S/c1-25-15-9-16(26-2)14(20)7-12(15)8-17-18(23)22(19(24)27-17)10-11-3-5-13(21)6-4-11/h3-7,9,17H,8,10H2,1-2H3/t17-/m1/s1. The molecule has 1 aliphatic heterocycles. The molecule has 1 heterocycles. The molecule has 0 radical (unpaired) electrons. The highest BCUT2D eigenvalue weighted by Crippen LogP contribution is 2.37. The Labute approximate surface area is 175 Å². The van der Waals surface area contributed by atoms with Gasteiger partial charge in [-0.15, -0.1) is 0 Å². The molecular weight excluding hydrogens is 454 g/mol. The van der Waals surface area contributed by atoms with E-state index in [0.717, 1.165) is 27.4 Å². The smallest absolute Gasteiger partial charge is 0.289 e. The summed E-state index contributed by atoms with van der Waals surface area (Å²) in [5, 5.41) is -0.118. The molecule has 2 aromatic carbocycles. The number of amides is 2. The Morgan fingerprint density at radius 1 is 1.11 bits per heavy atom. The van der Waals surface area contributed by atoms with Gasteiger partial charge in [-0.05, 0) is 51.7 Å². The van der Waals surface area contributed by atoms with Gasteiger partial charge in [-0.2, -0.15) is 0 Å². The van der Waals surface area contributed by atoms with Crippen molar-refractivity contribution in [2.75, 3.05) is 14.2 Å². The van der Waals surface area contributed by atoms with Crippen LogP contribution >= 0.6 is 39.3 Å². The monoisotopic (exact) mass is 469 g/mol. The van der Waals surface area contributed by atoms with E-state index in [0.29, 0.717) is 22.9 Å². The van der Waals surface area contributed by atoms with Crippen LogP contribution in [-0.4, -0.2) is 35.5 Å². The normalized spacial score (nSPS) is 16.7. The highest BCUT2D eigenvalue weighted by atomic mass is 79.9. The number of nitrogens with zero attached hydrogens (tertiary/aromatic N) is 1. The molecule has 3 rings (SSSR count). The van der Waals surface area contributed by atoms with Crippen LogP contribution in [0, 0.1) is 0 Å². The van der Waals surface area contributed by atoms with Crippen LogP contribution in [0.2, 0.25) is 5.02 Å². The summed E-state index contributed by atoms with van der Waals surface area (Å²) >= 11 is 10.4. The average Bonchev–Trinajstić information content (AvgIpc) is 2.91. The predicted molar refractivity (Wildman–Crippen MR) is 110 cm³/mol. The van der Waals surface area contributed by atoms with Crippen LogP contribution in [0.5, 0.6) is 11.5 Å². The highest BCUT2D eigenvalue weighted by molar-refractivity contribution is 9.10. The Balaban J connectivity index is 1.77. The molecule has 2 amide bonds. The van der Waals surface area contributed by atoms with E-state index in [2.05, 4.69) is 15.9 Å². The van der Waals surface area contributed by atoms with Crippen LogP contribution in [0.4, 0.5) is 4.79 Å². The Kier molecular flexibility index (Phi) is 6.34. The summed E-state index contributed by atoms with van der Waals surface area (Å²) in [7, 11) is 3.14. The average molecular weight is 471 g/mol. The summed E-state index contributed by atoms with van der Waals surface area (Å²) in [6, 6.07) is 10.7. The number of rotatable bonds is 6. The van der Waals surface area contributed by atoms with Crippen molar-refractivity contribution in [2.45, 2.75) is 18.2 Å². The number of hydrogen-bond donors (Lipinski definition) is 0. The number of ether oxygens (including phenoxy) is 2. The van der Waals surface area contributed by atoms with Crippen molar-refractivity contribution in [2.24, 2.45) is 0 Å². The second kappa shape index (κ2) is 8.54. The molecule has 8 heteroatoms. The molecule has 1 saturated heterocycles. The first-order valence-corrected chi connectivity index (χ1v) is 10.1. The van der Waals surface area contributed by atoms with Gasteiger partial charge >= 0.3 is 0 Å². The van der Waals surface area contributed by atoms with Crippen molar-refractivity contribution in [3.63, 3.8) is 0 Å². The number of hydrogen-bond acceptors (Lipinski definition) is 5. The first kappa shape index (κ1) is 20.0. The molecule has 0 aliphatic carbocycles. The lowest BCUT2D eigenvalue weighted by Crippen LogP contribution is -2.31. The minimum atomic E-state index is -0.487. The zero-order chi connectivity index (χ0) is 19.6. The molecular formula is C19H17BrClNO4S. The van der Waals surface area contributed by atoms with E-state index in [4.69, 9.17) is 21.1 Å². The van der Waals surface area contributed by atoms with E-state index < -0.39 is 5.25 Å². The molecule has 0 bridgehead atoms. The van der Waals surface area contributed by atoms with Crippen molar-refractivity contribution in [3.05, 3.63) is 57.0 Å². The van der Waals surface area contributed by atoms with Crippen LogP contribution in [0.25, 0.3) is 0 Å². The molecule has 0 unspecified atom stereocenters. The summed E-state index contributed by atoms with van der Waals surface area (Å²) < 4.78 is 11.5.